The van der Waals surface area contributed by atoms with Crippen LogP contribution in [0.3, 0.4) is 0 Å². The molecular formula is C10H9F3N2OS. The molecular weight excluding hydrogens is 253 g/mol. The number of nitriles is 1. The molecule has 0 saturated heterocycles. The third-order valence-electron chi connectivity index (χ3n) is 1.73. The Morgan fingerprint density at radius 1 is 1.41 bits per heavy atom. The summed E-state index contributed by atoms with van der Waals surface area (Å²) in [6, 6.07) is 6.25. The van der Waals surface area contributed by atoms with Crippen molar-refractivity contribution < 1.29 is 17.9 Å². The Hall–Kier alpha value is -1.55. The lowest BCUT2D eigenvalue weighted by Gasteiger charge is -2.09. The van der Waals surface area contributed by atoms with Crippen molar-refractivity contribution in [2.24, 2.45) is 0 Å². The summed E-state index contributed by atoms with van der Waals surface area (Å²) in [4.78, 5) is 0. The smallest absolute Gasteiger partial charge is 0.441 e. The number of benzene rings is 1. The van der Waals surface area contributed by atoms with Crippen LogP contribution in [-0.4, -0.2) is 17.9 Å². The van der Waals surface area contributed by atoms with Gasteiger partial charge in [-0.05, 0) is 30.0 Å². The lowest BCUT2D eigenvalue weighted by Crippen LogP contribution is -2.08. The van der Waals surface area contributed by atoms with Gasteiger partial charge in [-0.25, -0.2) is 0 Å². The number of anilines is 1. The van der Waals surface area contributed by atoms with Gasteiger partial charge in [-0.2, -0.15) is 18.4 Å². The highest BCUT2D eigenvalue weighted by Gasteiger charge is 2.27. The number of thioether (sulfide) groups is 1. The minimum atomic E-state index is -4.26. The van der Waals surface area contributed by atoms with Crippen LogP contribution in [0, 0.1) is 11.3 Å². The number of halogens is 3. The van der Waals surface area contributed by atoms with Gasteiger partial charge in [0.1, 0.15) is 11.8 Å². The third kappa shape index (κ3) is 4.87. The zero-order valence-corrected chi connectivity index (χ0v) is 9.44. The van der Waals surface area contributed by atoms with Gasteiger partial charge in [-0.1, -0.05) is 0 Å². The fourth-order valence-electron chi connectivity index (χ4n) is 1.07. The summed E-state index contributed by atoms with van der Waals surface area (Å²) in [5.41, 5.74) is 1.81. The highest BCUT2D eigenvalue weighted by molar-refractivity contribution is 8.00. The van der Waals surface area contributed by atoms with Crippen molar-refractivity contribution in [3.05, 3.63) is 23.8 Å². The van der Waals surface area contributed by atoms with Crippen LogP contribution >= 0.6 is 11.8 Å². The molecule has 0 fully saturated rings. The molecule has 1 aromatic carbocycles. The van der Waals surface area contributed by atoms with E-state index < -0.39 is 5.51 Å². The molecule has 0 amide bonds. The number of ether oxygens (including phenoxy) is 1. The molecule has 92 valence electrons. The number of rotatable bonds is 4. The molecule has 0 bridgehead atoms. The lowest BCUT2D eigenvalue weighted by molar-refractivity contribution is -0.0329. The first-order valence-electron chi connectivity index (χ1n) is 4.55. The predicted molar refractivity (Wildman–Crippen MR) is 59.6 cm³/mol. The van der Waals surface area contributed by atoms with Crippen LogP contribution in [0.5, 0.6) is 5.75 Å². The van der Waals surface area contributed by atoms with Gasteiger partial charge < -0.3 is 10.5 Å². The van der Waals surface area contributed by atoms with E-state index in [1.54, 1.807) is 0 Å². The van der Waals surface area contributed by atoms with E-state index >= 15 is 0 Å². The van der Waals surface area contributed by atoms with E-state index in [-0.39, 0.29) is 35.4 Å². The Morgan fingerprint density at radius 2 is 2.12 bits per heavy atom. The standard InChI is InChI=1S/C10H9F3N2OS/c11-10(12,13)17-4-3-16-9-2-1-8(15)5-7(9)6-14/h1-2,5H,3-4,15H2. The van der Waals surface area contributed by atoms with Crippen LogP contribution in [0.2, 0.25) is 0 Å². The maximum absolute atomic E-state index is 11.8. The molecule has 17 heavy (non-hydrogen) atoms. The fraction of sp³-hybridized carbons (Fsp3) is 0.300. The molecule has 0 unspecified atom stereocenters. The Labute approximate surface area is 100 Å². The largest absolute Gasteiger partial charge is 0.491 e. The van der Waals surface area contributed by atoms with Crippen molar-refractivity contribution in [2.45, 2.75) is 5.51 Å². The van der Waals surface area contributed by atoms with E-state index in [9.17, 15) is 13.2 Å². The number of alkyl halides is 3. The van der Waals surface area contributed by atoms with Crippen molar-refractivity contribution >= 4 is 17.4 Å². The molecule has 0 aliphatic heterocycles. The predicted octanol–water partition coefficient (Wildman–Crippen LogP) is 2.77. The first-order chi connectivity index (χ1) is 7.92. The highest BCUT2D eigenvalue weighted by atomic mass is 32.2. The normalized spacial score (nSPS) is 10.9. The molecule has 1 aromatic rings. The summed E-state index contributed by atoms with van der Waals surface area (Å²) < 4.78 is 40.5. The zero-order chi connectivity index (χ0) is 12.9. The van der Waals surface area contributed by atoms with Crippen LogP contribution in [0.4, 0.5) is 18.9 Å². The molecule has 0 spiro atoms. The van der Waals surface area contributed by atoms with E-state index in [0.717, 1.165) is 0 Å². The summed E-state index contributed by atoms with van der Waals surface area (Å²) in [5, 5.41) is 8.76. The van der Waals surface area contributed by atoms with E-state index in [0.29, 0.717) is 5.69 Å². The monoisotopic (exact) mass is 262 g/mol. The SMILES string of the molecule is N#Cc1cc(N)ccc1OCCSC(F)(F)F. The summed E-state index contributed by atoms with van der Waals surface area (Å²) in [7, 11) is 0. The number of nitrogen functional groups attached to an aromatic ring is 1. The minimum Gasteiger partial charge on any atom is -0.491 e. The molecule has 0 radical (unpaired) electrons. The second-order valence-electron chi connectivity index (χ2n) is 3.01. The van der Waals surface area contributed by atoms with Gasteiger partial charge in [0.2, 0.25) is 0 Å². The van der Waals surface area contributed by atoms with Gasteiger partial charge >= 0.3 is 5.51 Å². The maximum Gasteiger partial charge on any atom is 0.441 e. The molecule has 0 atom stereocenters. The fourth-order valence-corrected chi connectivity index (χ4v) is 1.47. The first-order valence-corrected chi connectivity index (χ1v) is 5.54. The van der Waals surface area contributed by atoms with E-state index in [1.165, 1.54) is 18.2 Å². The van der Waals surface area contributed by atoms with Crippen LogP contribution < -0.4 is 10.5 Å². The molecule has 0 saturated carbocycles. The van der Waals surface area contributed by atoms with Crippen molar-refractivity contribution in [1.29, 1.82) is 5.26 Å². The lowest BCUT2D eigenvalue weighted by atomic mass is 10.2. The summed E-state index contributed by atoms with van der Waals surface area (Å²) in [6.45, 7) is -0.122. The Morgan fingerprint density at radius 3 is 2.71 bits per heavy atom. The Balaban J connectivity index is 2.50. The molecule has 3 nitrogen and oxygen atoms in total. The van der Waals surface area contributed by atoms with Crippen molar-refractivity contribution in [1.82, 2.24) is 0 Å². The first kappa shape index (κ1) is 13.5. The molecule has 0 aromatic heterocycles. The highest BCUT2D eigenvalue weighted by Crippen LogP contribution is 2.30. The van der Waals surface area contributed by atoms with E-state index in [4.69, 9.17) is 15.7 Å². The van der Waals surface area contributed by atoms with Gasteiger partial charge in [0.05, 0.1) is 12.2 Å². The van der Waals surface area contributed by atoms with Gasteiger partial charge in [0.25, 0.3) is 0 Å². The minimum absolute atomic E-state index is 0.122. The number of hydrogen-bond acceptors (Lipinski definition) is 4. The summed E-state index contributed by atoms with van der Waals surface area (Å²) in [5.74, 6) is 0.0168. The Bertz CT molecular complexity index is 429. The van der Waals surface area contributed by atoms with E-state index in [2.05, 4.69) is 0 Å². The molecule has 0 aliphatic carbocycles. The van der Waals surface area contributed by atoms with Gasteiger partial charge in [0.15, 0.2) is 0 Å². The van der Waals surface area contributed by atoms with Crippen molar-refractivity contribution in [3.8, 4) is 11.8 Å². The topological polar surface area (TPSA) is 59.0 Å². The second-order valence-corrected chi connectivity index (χ2v) is 4.17. The maximum atomic E-state index is 11.8. The van der Waals surface area contributed by atoms with Gasteiger partial charge in [0, 0.05) is 11.4 Å². The summed E-state index contributed by atoms with van der Waals surface area (Å²) >= 11 is -0.163. The molecule has 1 rings (SSSR count). The molecule has 0 heterocycles. The molecule has 2 N–H and O–H groups in total. The second kappa shape index (κ2) is 5.68. The average molecular weight is 262 g/mol. The zero-order valence-electron chi connectivity index (χ0n) is 8.62. The third-order valence-corrected chi connectivity index (χ3v) is 2.43. The number of hydrogen-bond donors (Lipinski definition) is 1. The van der Waals surface area contributed by atoms with Crippen molar-refractivity contribution in [2.75, 3.05) is 18.1 Å². The van der Waals surface area contributed by atoms with Crippen LogP contribution in [0.25, 0.3) is 0 Å². The number of nitrogens with two attached hydrogens (primary N) is 1. The molecule has 0 aliphatic rings. The Kier molecular flexibility index (Phi) is 4.52. The summed E-state index contributed by atoms with van der Waals surface area (Å²) in [6.07, 6.45) is 0. The number of nitrogens with zero attached hydrogens (tertiary/aromatic N) is 1. The average Bonchev–Trinajstić information content (AvgIpc) is 2.24. The van der Waals surface area contributed by atoms with Crippen LogP contribution in [0.15, 0.2) is 18.2 Å². The van der Waals surface area contributed by atoms with Crippen molar-refractivity contribution in [3.63, 3.8) is 0 Å². The van der Waals surface area contributed by atoms with Gasteiger partial charge in [-0.15, -0.1) is 0 Å². The molecule has 7 heteroatoms. The van der Waals surface area contributed by atoms with E-state index in [1.807, 2.05) is 6.07 Å². The van der Waals surface area contributed by atoms with Gasteiger partial charge in [-0.3, -0.25) is 0 Å². The quantitative estimate of drug-likeness (QED) is 0.669. The van der Waals surface area contributed by atoms with Crippen LogP contribution in [-0.2, 0) is 0 Å². The van der Waals surface area contributed by atoms with Crippen LogP contribution in [0.1, 0.15) is 5.56 Å².